The van der Waals surface area contributed by atoms with Crippen molar-refractivity contribution in [2.24, 2.45) is 0 Å². The van der Waals surface area contributed by atoms with Crippen molar-refractivity contribution in [1.29, 1.82) is 0 Å². The minimum absolute atomic E-state index is 0.0899. The molecule has 0 saturated carbocycles. The van der Waals surface area contributed by atoms with E-state index in [-0.39, 0.29) is 18.0 Å². The summed E-state index contributed by atoms with van der Waals surface area (Å²) in [7, 11) is 3.46. The molecule has 1 aliphatic rings. The lowest BCUT2D eigenvalue weighted by molar-refractivity contribution is -0.134. The molecule has 1 amide bonds. The van der Waals surface area contributed by atoms with E-state index in [4.69, 9.17) is 4.74 Å². The van der Waals surface area contributed by atoms with Gasteiger partial charge < -0.3 is 9.64 Å². The van der Waals surface area contributed by atoms with Crippen LogP contribution in [0.25, 0.3) is 0 Å². The number of likely N-dealkylation sites (N-methyl/N-ethyl adjacent to an activating group) is 1. The summed E-state index contributed by atoms with van der Waals surface area (Å²) in [6.45, 7) is 2.91. The van der Waals surface area contributed by atoms with Gasteiger partial charge in [-0.3, -0.25) is 10.1 Å². The lowest BCUT2D eigenvalue weighted by Gasteiger charge is -2.31. The van der Waals surface area contributed by atoms with Gasteiger partial charge in [0.05, 0.1) is 13.2 Å². The molecule has 5 heteroatoms. The second-order valence-electron chi connectivity index (χ2n) is 4.97. The van der Waals surface area contributed by atoms with Gasteiger partial charge in [-0.2, -0.15) is 0 Å². The highest BCUT2D eigenvalue weighted by molar-refractivity contribution is 5.82. The Morgan fingerprint density at radius 1 is 1.58 bits per heavy atom. The Kier molecular flexibility index (Phi) is 4.37. The van der Waals surface area contributed by atoms with Gasteiger partial charge >= 0.3 is 0 Å². The summed E-state index contributed by atoms with van der Waals surface area (Å²) in [6, 6.07) is 3.84. The normalized spacial score (nSPS) is 21.3. The van der Waals surface area contributed by atoms with Crippen LogP contribution < -0.4 is 10.1 Å². The number of methoxy groups -OCH3 is 1. The zero-order valence-electron chi connectivity index (χ0n) is 11.7. The van der Waals surface area contributed by atoms with Gasteiger partial charge in [0, 0.05) is 31.9 Å². The lowest BCUT2D eigenvalue weighted by Crippen LogP contribution is -2.49. The third-order valence-electron chi connectivity index (χ3n) is 3.58. The van der Waals surface area contributed by atoms with Gasteiger partial charge in [0.1, 0.15) is 0 Å². The molecule has 0 bridgehead atoms. The molecule has 2 rings (SSSR count). The summed E-state index contributed by atoms with van der Waals surface area (Å²) < 4.78 is 5.12. The molecule has 1 aromatic rings. The number of carbonyl (C=O) groups is 1. The first-order valence-electron chi connectivity index (χ1n) is 6.63. The van der Waals surface area contributed by atoms with Crippen molar-refractivity contribution >= 4 is 5.91 Å². The molecule has 104 valence electrons. The van der Waals surface area contributed by atoms with Gasteiger partial charge in [0.15, 0.2) is 0 Å². The summed E-state index contributed by atoms with van der Waals surface area (Å²) in [5, 5.41) is 3.39. The molecule has 2 unspecified atom stereocenters. The zero-order chi connectivity index (χ0) is 13.8. The monoisotopic (exact) mass is 263 g/mol. The van der Waals surface area contributed by atoms with Crippen LogP contribution in [-0.4, -0.2) is 42.5 Å². The van der Waals surface area contributed by atoms with Crippen molar-refractivity contribution in [2.45, 2.75) is 31.8 Å². The number of hydrogen-bond donors (Lipinski definition) is 1. The first kappa shape index (κ1) is 13.8. The quantitative estimate of drug-likeness (QED) is 0.891. The second-order valence-corrected chi connectivity index (χ2v) is 4.97. The minimum Gasteiger partial charge on any atom is -0.481 e. The Labute approximate surface area is 114 Å². The van der Waals surface area contributed by atoms with Crippen molar-refractivity contribution in [1.82, 2.24) is 15.2 Å². The van der Waals surface area contributed by atoms with Gasteiger partial charge in [-0.05, 0) is 31.4 Å². The summed E-state index contributed by atoms with van der Waals surface area (Å²) in [4.78, 5) is 17.9. The topological polar surface area (TPSA) is 54.5 Å². The fraction of sp³-hybridized carbons (Fsp3) is 0.571. The molecular weight excluding hydrogens is 242 g/mol. The molecule has 0 aromatic carbocycles. The van der Waals surface area contributed by atoms with Crippen LogP contribution in [0.5, 0.6) is 5.88 Å². The smallest absolute Gasteiger partial charge is 0.239 e. The van der Waals surface area contributed by atoms with Gasteiger partial charge in [-0.25, -0.2) is 4.98 Å². The maximum Gasteiger partial charge on any atom is 0.239 e. The average Bonchev–Trinajstić information content (AvgIpc) is 2.44. The van der Waals surface area contributed by atoms with Crippen molar-refractivity contribution in [3.05, 3.63) is 23.9 Å². The van der Waals surface area contributed by atoms with Crippen LogP contribution in [0.1, 0.15) is 31.4 Å². The number of pyridine rings is 1. The molecule has 0 spiro atoms. The van der Waals surface area contributed by atoms with Crippen LogP contribution >= 0.6 is 0 Å². The van der Waals surface area contributed by atoms with Crippen LogP contribution in [0.3, 0.4) is 0 Å². The zero-order valence-corrected chi connectivity index (χ0v) is 11.7. The molecule has 2 atom stereocenters. The lowest BCUT2D eigenvalue weighted by atomic mass is 10.0. The summed E-state index contributed by atoms with van der Waals surface area (Å²) in [5.74, 6) is 0.775. The highest BCUT2D eigenvalue weighted by Gasteiger charge is 2.27. The number of ether oxygens (including phenoxy) is 1. The number of nitrogens with one attached hydrogen (secondary N) is 1. The van der Waals surface area contributed by atoms with E-state index in [2.05, 4.69) is 17.2 Å². The number of aromatic nitrogens is 1. The molecule has 19 heavy (non-hydrogen) atoms. The molecular formula is C14H21N3O2. The van der Waals surface area contributed by atoms with Crippen LogP contribution in [0.2, 0.25) is 0 Å². The Morgan fingerprint density at radius 2 is 2.37 bits per heavy atom. The van der Waals surface area contributed by atoms with Crippen molar-refractivity contribution in [3.63, 3.8) is 0 Å². The highest BCUT2D eigenvalue weighted by atomic mass is 16.5. The average molecular weight is 263 g/mol. The van der Waals surface area contributed by atoms with Crippen LogP contribution in [0, 0.1) is 0 Å². The van der Waals surface area contributed by atoms with E-state index in [9.17, 15) is 4.79 Å². The molecule has 1 fully saturated rings. The second kappa shape index (κ2) is 6.02. The summed E-state index contributed by atoms with van der Waals surface area (Å²) in [6.07, 6.45) is 3.67. The third kappa shape index (κ3) is 3.23. The number of hydrogen-bond acceptors (Lipinski definition) is 4. The molecule has 1 saturated heterocycles. The van der Waals surface area contributed by atoms with E-state index in [1.807, 2.05) is 19.2 Å². The summed E-state index contributed by atoms with van der Waals surface area (Å²) >= 11 is 0. The maximum atomic E-state index is 12.0. The molecule has 2 heterocycles. The van der Waals surface area contributed by atoms with Crippen LogP contribution in [-0.2, 0) is 4.79 Å². The number of nitrogens with zero attached hydrogens (tertiary/aromatic N) is 2. The minimum atomic E-state index is -0.0899. The largest absolute Gasteiger partial charge is 0.481 e. The van der Waals surface area contributed by atoms with E-state index in [1.165, 1.54) is 0 Å². The molecule has 5 nitrogen and oxygen atoms in total. The predicted molar refractivity (Wildman–Crippen MR) is 73.0 cm³/mol. The summed E-state index contributed by atoms with van der Waals surface area (Å²) in [5.41, 5.74) is 1.08. The van der Waals surface area contributed by atoms with Crippen molar-refractivity contribution in [2.75, 3.05) is 20.7 Å². The van der Waals surface area contributed by atoms with Gasteiger partial charge in [0.2, 0.25) is 11.8 Å². The number of carbonyl (C=O) groups excluding carboxylic acids is 1. The third-order valence-corrected chi connectivity index (χ3v) is 3.58. The first-order valence-corrected chi connectivity index (χ1v) is 6.63. The Bertz CT molecular complexity index is 450. The van der Waals surface area contributed by atoms with Gasteiger partial charge in [0.25, 0.3) is 0 Å². The van der Waals surface area contributed by atoms with Gasteiger partial charge in [-0.15, -0.1) is 0 Å². The number of amides is 1. The van der Waals surface area contributed by atoms with E-state index < -0.39 is 0 Å². The molecule has 1 aliphatic heterocycles. The molecule has 1 aromatic heterocycles. The standard InChI is InChI=1S/C14H21N3O2/c1-10(11-6-7-15-13(9-11)19-3)16-12-5-4-8-17(2)14(12)18/h6-7,9-10,12,16H,4-5,8H2,1-3H3. The molecule has 0 aliphatic carbocycles. The van der Waals surface area contributed by atoms with E-state index >= 15 is 0 Å². The maximum absolute atomic E-state index is 12.0. The highest BCUT2D eigenvalue weighted by Crippen LogP contribution is 2.19. The number of piperidine rings is 1. The Morgan fingerprint density at radius 3 is 3.11 bits per heavy atom. The van der Waals surface area contributed by atoms with Crippen molar-refractivity contribution in [3.8, 4) is 5.88 Å². The Balaban J connectivity index is 2.03. The van der Waals surface area contributed by atoms with E-state index in [1.54, 1.807) is 18.2 Å². The van der Waals surface area contributed by atoms with E-state index in [0.29, 0.717) is 5.88 Å². The Hall–Kier alpha value is -1.62. The molecule has 0 radical (unpaired) electrons. The first-order chi connectivity index (χ1) is 9.11. The van der Waals surface area contributed by atoms with Crippen LogP contribution in [0.4, 0.5) is 0 Å². The molecule has 1 N–H and O–H groups in total. The number of likely N-dealkylation sites (tertiary alicyclic amines) is 1. The fourth-order valence-corrected chi connectivity index (χ4v) is 2.39. The SMILES string of the molecule is COc1cc(C(C)NC2CCCN(C)C2=O)ccn1. The fourth-order valence-electron chi connectivity index (χ4n) is 2.39. The predicted octanol–water partition coefficient (Wildman–Crippen LogP) is 1.36. The van der Waals surface area contributed by atoms with E-state index in [0.717, 1.165) is 24.9 Å². The van der Waals surface area contributed by atoms with Crippen molar-refractivity contribution < 1.29 is 9.53 Å². The number of rotatable bonds is 4. The van der Waals surface area contributed by atoms with Gasteiger partial charge in [-0.1, -0.05) is 0 Å². The van der Waals surface area contributed by atoms with Crippen LogP contribution in [0.15, 0.2) is 18.3 Å².